The molecular formula is C25H33N7O. The number of likely N-dealkylation sites (tertiary alicyclic amines) is 2. The summed E-state index contributed by atoms with van der Waals surface area (Å²) in [6.07, 6.45) is 2.47. The SMILES string of the molecule is CC(C)c1cc(C(C)C)n(-c2ccc(C3CN(C(=O)N4CC[C@H](c5ncn[nH]5)C4)C3)cc2)n1. The Labute approximate surface area is 195 Å². The largest absolute Gasteiger partial charge is 0.324 e. The van der Waals surface area contributed by atoms with Crippen molar-refractivity contribution in [3.05, 3.63) is 59.4 Å². The Morgan fingerprint density at radius 3 is 2.36 bits per heavy atom. The van der Waals surface area contributed by atoms with Crippen molar-refractivity contribution < 1.29 is 4.79 Å². The molecule has 33 heavy (non-hydrogen) atoms. The number of nitrogens with one attached hydrogen (secondary N) is 1. The number of H-pyrrole nitrogens is 1. The van der Waals surface area contributed by atoms with Crippen molar-refractivity contribution in [3.8, 4) is 5.69 Å². The van der Waals surface area contributed by atoms with Gasteiger partial charge in [0, 0.05) is 43.7 Å². The first-order valence-electron chi connectivity index (χ1n) is 12.0. The van der Waals surface area contributed by atoms with E-state index in [1.54, 1.807) is 0 Å². The smallest absolute Gasteiger partial charge is 0.320 e. The van der Waals surface area contributed by atoms with Gasteiger partial charge in [0.2, 0.25) is 0 Å². The molecule has 2 saturated heterocycles. The van der Waals surface area contributed by atoms with Gasteiger partial charge in [-0.1, -0.05) is 39.8 Å². The van der Waals surface area contributed by atoms with Gasteiger partial charge in [-0.15, -0.1) is 0 Å². The summed E-state index contributed by atoms with van der Waals surface area (Å²) in [5.41, 5.74) is 4.74. The summed E-state index contributed by atoms with van der Waals surface area (Å²) in [6.45, 7) is 11.8. The molecule has 0 spiro atoms. The lowest BCUT2D eigenvalue weighted by Gasteiger charge is -2.41. The molecule has 8 heteroatoms. The van der Waals surface area contributed by atoms with Crippen LogP contribution < -0.4 is 0 Å². The number of nitrogens with zero attached hydrogens (tertiary/aromatic N) is 6. The molecule has 1 N–H and O–H groups in total. The number of hydrogen-bond donors (Lipinski definition) is 1. The number of carbonyl (C=O) groups excluding carboxylic acids is 1. The van der Waals surface area contributed by atoms with E-state index < -0.39 is 0 Å². The maximum Gasteiger partial charge on any atom is 0.320 e. The van der Waals surface area contributed by atoms with Crippen LogP contribution in [0.25, 0.3) is 5.69 Å². The molecule has 174 valence electrons. The monoisotopic (exact) mass is 447 g/mol. The zero-order valence-electron chi connectivity index (χ0n) is 19.9. The highest BCUT2D eigenvalue weighted by molar-refractivity contribution is 5.76. The van der Waals surface area contributed by atoms with Gasteiger partial charge in [0.25, 0.3) is 0 Å². The first-order chi connectivity index (χ1) is 15.9. The Kier molecular flexibility index (Phi) is 5.68. The van der Waals surface area contributed by atoms with Crippen LogP contribution in [0.15, 0.2) is 36.7 Å². The lowest BCUT2D eigenvalue weighted by Crippen LogP contribution is -2.53. The number of urea groups is 1. The molecule has 1 aromatic carbocycles. The first-order valence-corrected chi connectivity index (χ1v) is 12.0. The molecule has 0 unspecified atom stereocenters. The fraction of sp³-hybridized carbons (Fsp3) is 0.520. The number of amides is 2. The number of carbonyl (C=O) groups is 1. The van der Waals surface area contributed by atoms with Crippen LogP contribution in [0.4, 0.5) is 4.79 Å². The van der Waals surface area contributed by atoms with Crippen LogP contribution in [0.3, 0.4) is 0 Å². The minimum absolute atomic E-state index is 0.143. The van der Waals surface area contributed by atoms with Crippen LogP contribution in [0, 0.1) is 0 Å². The standard InChI is InChI=1S/C25H33N7O/c1-16(2)22-11-23(17(3)4)32(29-22)21-7-5-18(6-8-21)20-13-31(14-20)25(33)30-10-9-19(12-30)24-26-15-27-28-24/h5-8,11,15-17,19-20H,9-10,12-14H2,1-4H3,(H,26,27,28)/t19-/m0/s1. The van der Waals surface area contributed by atoms with E-state index in [0.29, 0.717) is 24.3 Å². The zero-order valence-corrected chi connectivity index (χ0v) is 19.9. The van der Waals surface area contributed by atoms with Crippen LogP contribution in [0.5, 0.6) is 0 Å². The molecule has 2 aliphatic rings. The lowest BCUT2D eigenvalue weighted by atomic mass is 9.91. The molecular weight excluding hydrogens is 414 g/mol. The highest BCUT2D eigenvalue weighted by Gasteiger charge is 2.37. The van der Waals surface area contributed by atoms with E-state index in [1.165, 1.54) is 17.6 Å². The molecule has 2 fully saturated rings. The molecule has 0 radical (unpaired) electrons. The van der Waals surface area contributed by atoms with Crippen LogP contribution in [-0.4, -0.2) is 67.0 Å². The van der Waals surface area contributed by atoms with Crippen LogP contribution >= 0.6 is 0 Å². The molecule has 5 rings (SSSR count). The Bertz CT molecular complexity index is 1090. The summed E-state index contributed by atoms with van der Waals surface area (Å²) in [4.78, 5) is 21.1. The average Bonchev–Trinajstić information content (AvgIpc) is 3.53. The van der Waals surface area contributed by atoms with E-state index in [4.69, 9.17) is 5.10 Å². The second-order valence-corrected chi connectivity index (χ2v) is 9.99. The van der Waals surface area contributed by atoms with Gasteiger partial charge in [0.15, 0.2) is 0 Å². The van der Waals surface area contributed by atoms with Crippen molar-refractivity contribution in [3.63, 3.8) is 0 Å². The number of aromatic nitrogens is 5. The molecule has 2 aliphatic heterocycles. The molecule has 4 heterocycles. The van der Waals surface area contributed by atoms with Crippen molar-refractivity contribution in [1.82, 2.24) is 34.8 Å². The molecule has 2 amide bonds. The van der Waals surface area contributed by atoms with Crippen molar-refractivity contribution >= 4 is 6.03 Å². The van der Waals surface area contributed by atoms with Gasteiger partial charge in [0.05, 0.1) is 11.4 Å². The lowest BCUT2D eigenvalue weighted by molar-refractivity contribution is 0.121. The van der Waals surface area contributed by atoms with Crippen molar-refractivity contribution in [2.75, 3.05) is 26.2 Å². The Morgan fingerprint density at radius 1 is 1.00 bits per heavy atom. The average molecular weight is 448 g/mol. The first kappa shape index (κ1) is 21.7. The normalized spacial score (nSPS) is 19.0. The van der Waals surface area contributed by atoms with Crippen molar-refractivity contribution in [2.24, 2.45) is 0 Å². The minimum Gasteiger partial charge on any atom is -0.324 e. The Hall–Kier alpha value is -3.16. The predicted octanol–water partition coefficient (Wildman–Crippen LogP) is 4.25. The molecule has 0 bridgehead atoms. The third-order valence-electron chi connectivity index (χ3n) is 6.98. The Balaban J connectivity index is 1.20. The molecule has 2 aromatic heterocycles. The topological polar surface area (TPSA) is 82.9 Å². The summed E-state index contributed by atoms with van der Waals surface area (Å²) in [5.74, 6) is 2.35. The summed E-state index contributed by atoms with van der Waals surface area (Å²) in [6, 6.07) is 11.1. The van der Waals surface area contributed by atoms with E-state index in [0.717, 1.165) is 43.3 Å². The van der Waals surface area contributed by atoms with Gasteiger partial charge in [-0.05, 0) is 42.0 Å². The van der Waals surface area contributed by atoms with Gasteiger partial charge >= 0.3 is 6.03 Å². The van der Waals surface area contributed by atoms with Gasteiger partial charge < -0.3 is 9.80 Å². The summed E-state index contributed by atoms with van der Waals surface area (Å²) >= 11 is 0. The van der Waals surface area contributed by atoms with Crippen LogP contribution in [0.2, 0.25) is 0 Å². The Morgan fingerprint density at radius 2 is 1.73 bits per heavy atom. The third kappa shape index (κ3) is 4.14. The fourth-order valence-corrected chi connectivity index (χ4v) is 4.82. The third-order valence-corrected chi connectivity index (χ3v) is 6.98. The van der Waals surface area contributed by atoms with Gasteiger partial charge in [-0.3, -0.25) is 5.10 Å². The quantitative estimate of drug-likeness (QED) is 0.634. The van der Waals surface area contributed by atoms with Gasteiger partial charge in [-0.2, -0.15) is 10.2 Å². The summed E-state index contributed by atoms with van der Waals surface area (Å²) in [7, 11) is 0. The zero-order chi connectivity index (χ0) is 23.1. The predicted molar refractivity (Wildman–Crippen MR) is 127 cm³/mol. The van der Waals surface area contributed by atoms with Crippen molar-refractivity contribution in [2.45, 2.75) is 57.8 Å². The van der Waals surface area contributed by atoms with E-state index in [1.807, 2.05) is 9.80 Å². The van der Waals surface area contributed by atoms with Gasteiger partial charge in [0.1, 0.15) is 12.2 Å². The second kappa shape index (κ2) is 8.65. The van der Waals surface area contributed by atoms with E-state index >= 15 is 0 Å². The van der Waals surface area contributed by atoms with E-state index in [2.05, 4.69) is 77.9 Å². The van der Waals surface area contributed by atoms with E-state index in [9.17, 15) is 4.79 Å². The van der Waals surface area contributed by atoms with E-state index in [-0.39, 0.29) is 11.9 Å². The molecule has 1 atom stereocenters. The number of aromatic amines is 1. The van der Waals surface area contributed by atoms with Crippen molar-refractivity contribution in [1.29, 1.82) is 0 Å². The maximum absolute atomic E-state index is 12.9. The molecule has 0 aliphatic carbocycles. The summed E-state index contributed by atoms with van der Waals surface area (Å²) in [5, 5.41) is 11.7. The number of hydrogen-bond acceptors (Lipinski definition) is 4. The number of rotatable bonds is 5. The second-order valence-electron chi connectivity index (χ2n) is 9.99. The van der Waals surface area contributed by atoms with Crippen LogP contribution in [0.1, 0.15) is 80.6 Å². The maximum atomic E-state index is 12.9. The minimum atomic E-state index is 0.143. The molecule has 0 saturated carbocycles. The summed E-state index contributed by atoms with van der Waals surface area (Å²) < 4.78 is 2.08. The number of benzene rings is 1. The highest BCUT2D eigenvalue weighted by Crippen LogP contribution is 2.32. The fourth-order valence-electron chi connectivity index (χ4n) is 4.82. The highest BCUT2D eigenvalue weighted by atomic mass is 16.2. The molecule has 3 aromatic rings. The molecule has 8 nitrogen and oxygen atoms in total. The van der Waals surface area contributed by atoms with Gasteiger partial charge in [-0.25, -0.2) is 14.5 Å². The van der Waals surface area contributed by atoms with Crippen LogP contribution in [-0.2, 0) is 0 Å².